The fourth-order valence-corrected chi connectivity index (χ4v) is 3.32. The van der Waals surface area contributed by atoms with Gasteiger partial charge in [0.2, 0.25) is 0 Å². The highest BCUT2D eigenvalue weighted by Crippen LogP contribution is 2.40. The molecule has 17 heavy (non-hydrogen) atoms. The van der Waals surface area contributed by atoms with Crippen LogP contribution in [0.15, 0.2) is 18.2 Å². The van der Waals surface area contributed by atoms with E-state index >= 15 is 0 Å². The number of aryl methyl sites for hydroxylation is 1. The van der Waals surface area contributed by atoms with Crippen LogP contribution in [0.2, 0.25) is 0 Å². The van der Waals surface area contributed by atoms with Crippen molar-refractivity contribution in [3.8, 4) is 0 Å². The van der Waals surface area contributed by atoms with Crippen molar-refractivity contribution in [1.82, 2.24) is 0 Å². The molecule has 0 aliphatic carbocycles. The molecule has 0 spiro atoms. The van der Waals surface area contributed by atoms with Crippen LogP contribution in [0.25, 0.3) is 0 Å². The molecule has 3 rings (SSSR count). The quantitative estimate of drug-likeness (QED) is 0.806. The van der Waals surface area contributed by atoms with E-state index in [1.807, 2.05) is 6.07 Å². The number of anilines is 1. The van der Waals surface area contributed by atoms with E-state index in [0.29, 0.717) is 6.04 Å². The number of hydrogen-bond donors (Lipinski definition) is 1. The van der Waals surface area contributed by atoms with Gasteiger partial charge in [0.25, 0.3) is 0 Å². The zero-order valence-corrected chi connectivity index (χ0v) is 10.0. The first kappa shape index (κ1) is 10.6. The average Bonchev–Trinajstić information content (AvgIpc) is 2.69. The summed E-state index contributed by atoms with van der Waals surface area (Å²) in [5.74, 6) is -0.677. The maximum absolute atomic E-state index is 11.4. The zero-order valence-electron chi connectivity index (χ0n) is 10.0. The standard InChI is InChI=1S/C14H17NO2/c1-9-4-2-6-12-11(9)8-10-5-3-7-13(14(16)17)15(10)12/h2,4,6,10,13H,3,5,7-8H2,1H3,(H,16,17). The molecule has 2 aliphatic rings. The Hall–Kier alpha value is -1.51. The minimum atomic E-state index is -0.677. The minimum absolute atomic E-state index is 0.322. The van der Waals surface area contributed by atoms with Gasteiger partial charge in [-0.15, -0.1) is 0 Å². The largest absolute Gasteiger partial charge is 0.480 e. The summed E-state index contributed by atoms with van der Waals surface area (Å²) in [6.45, 7) is 2.12. The maximum atomic E-state index is 11.4. The van der Waals surface area contributed by atoms with Gasteiger partial charge in [-0.25, -0.2) is 4.79 Å². The SMILES string of the molecule is Cc1cccc2c1CC1CCCC(C(=O)O)N21. The molecule has 2 atom stereocenters. The van der Waals surface area contributed by atoms with Gasteiger partial charge in [0.05, 0.1) is 0 Å². The molecule has 1 fully saturated rings. The normalized spacial score (nSPS) is 26.5. The molecule has 0 bridgehead atoms. The third-order valence-electron chi connectivity index (χ3n) is 4.13. The fraction of sp³-hybridized carbons (Fsp3) is 0.500. The summed E-state index contributed by atoms with van der Waals surface area (Å²) in [4.78, 5) is 13.5. The highest BCUT2D eigenvalue weighted by Gasteiger charge is 2.40. The number of piperidine rings is 1. The number of carbonyl (C=O) groups is 1. The van der Waals surface area contributed by atoms with Gasteiger partial charge in [-0.2, -0.15) is 0 Å². The summed E-state index contributed by atoms with van der Waals surface area (Å²) in [7, 11) is 0. The Balaban J connectivity index is 2.06. The molecule has 0 aromatic heterocycles. The van der Waals surface area contributed by atoms with Crippen LogP contribution in [0.1, 0.15) is 30.4 Å². The lowest BCUT2D eigenvalue weighted by atomic mass is 9.95. The second kappa shape index (κ2) is 3.76. The van der Waals surface area contributed by atoms with Crippen LogP contribution < -0.4 is 4.90 Å². The van der Waals surface area contributed by atoms with Gasteiger partial charge in [-0.3, -0.25) is 0 Å². The molecule has 90 valence electrons. The van der Waals surface area contributed by atoms with Gasteiger partial charge >= 0.3 is 5.97 Å². The molecule has 2 heterocycles. The van der Waals surface area contributed by atoms with Crippen LogP contribution in [0.4, 0.5) is 5.69 Å². The highest BCUT2D eigenvalue weighted by atomic mass is 16.4. The highest BCUT2D eigenvalue weighted by molar-refractivity contribution is 5.80. The fourth-order valence-electron chi connectivity index (χ4n) is 3.32. The van der Waals surface area contributed by atoms with Gasteiger partial charge < -0.3 is 10.0 Å². The van der Waals surface area contributed by atoms with Crippen LogP contribution in [-0.4, -0.2) is 23.2 Å². The summed E-state index contributed by atoms with van der Waals surface area (Å²) in [6, 6.07) is 6.30. The molecule has 3 nitrogen and oxygen atoms in total. The second-order valence-electron chi connectivity index (χ2n) is 5.12. The number of rotatable bonds is 1. The van der Waals surface area contributed by atoms with Crippen LogP contribution in [-0.2, 0) is 11.2 Å². The second-order valence-corrected chi connectivity index (χ2v) is 5.12. The van der Waals surface area contributed by atoms with Gasteiger partial charge in [-0.1, -0.05) is 12.1 Å². The van der Waals surface area contributed by atoms with Gasteiger partial charge in [-0.05, 0) is 49.8 Å². The number of nitrogens with zero attached hydrogens (tertiary/aromatic N) is 1. The monoisotopic (exact) mass is 231 g/mol. The number of carboxylic acid groups (broad SMARTS) is 1. The Labute approximate surface area is 101 Å². The van der Waals surface area contributed by atoms with Crippen LogP contribution >= 0.6 is 0 Å². The Morgan fingerprint density at radius 3 is 3.00 bits per heavy atom. The maximum Gasteiger partial charge on any atom is 0.326 e. The summed E-state index contributed by atoms with van der Waals surface area (Å²) < 4.78 is 0. The van der Waals surface area contributed by atoms with E-state index in [0.717, 1.165) is 31.4 Å². The smallest absolute Gasteiger partial charge is 0.326 e. The van der Waals surface area contributed by atoms with Crippen molar-refractivity contribution < 1.29 is 9.90 Å². The molecular weight excluding hydrogens is 214 g/mol. The summed E-state index contributed by atoms with van der Waals surface area (Å²) in [6.07, 6.45) is 3.95. The van der Waals surface area contributed by atoms with Gasteiger partial charge in [0.15, 0.2) is 0 Å². The van der Waals surface area contributed by atoms with E-state index in [-0.39, 0.29) is 6.04 Å². The topological polar surface area (TPSA) is 40.5 Å². The van der Waals surface area contributed by atoms with Crippen molar-refractivity contribution in [3.05, 3.63) is 29.3 Å². The lowest BCUT2D eigenvalue weighted by Crippen LogP contribution is -2.48. The number of carboxylic acids is 1. The van der Waals surface area contributed by atoms with E-state index in [9.17, 15) is 9.90 Å². The van der Waals surface area contributed by atoms with Crippen molar-refractivity contribution in [2.75, 3.05) is 4.90 Å². The van der Waals surface area contributed by atoms with Gasteiger partial charge in [0, 0.05) is 11.7 Å². The molecular formula is C14H17NO2. The lowest BCUT2D eigenvalue weighted by molar-refractivity contribution is -0.139. The van der Waals surface area contributed by atoms with Crippen molar-refractivity contribution in [2.45, 2.75) is 44.7 Å². The van der Waals surface area contributed by atoms with E-state index in [2.05, 4.69) is 24.0 Å². The van der Waals surface area contributed by atoms with E-state index in [1.54, 1.807) is 0 Å². The predicted octanol–water partition coefficient (Wildman–Crippen LogP) is 2.36. The number of aliphatic carboxylic acids is 1. The van der Waals surface area contributed by atoms with Crippen LogP contribution in [0.3, 0.4) is 0 Å². The zero-order chi connectivity index (χ0) is 12.0. The summed E-state index contributed by atoms with van der Waals surface area (Å²) in [5.41, 5.74) is 3.80. The van der Waals surface area contributed by atoms with Gasteiger partial charge in [0.1, 0.15) is 6.04 Å². The third kappa shape index (κ3) is 1.53. The van der Waals surface area contributed by atoms with Crippen molar-refractivity contribution in [3.63, 3.8) is 0 Å². The predicted molar refractivity (Wildman–Crippen MR) is 66.4 cm³/mol. The van der Waals surface area contributed by atoms with Crippen LogP contribution in [0, 0.1) is 6.92 Å². The number of fused-ring (bicyclic) bond motifs is 3. The summed E-state index contributed by atoms with van der Waals surface area (Å²) >= 11 is 0. The molecule has 1 saturated heterocycles. The number of benzene rings is 1. The number of hydrogen-bond acceptors (Lipinski definition) is 2. The Morgan fingerprint density at radius 2 is 2.24 bits per heavy atom. The Bertz CT molecular complexity index is 469. The molecule has 1 aromatic rings. The van der Waals surface area contributed by atoms with Crippen LogP contribution in [0.5, 0.6) is 0 Å². The first-order valence-corrected chi connectivity index (χ1v) is 6.28. The average molecular weight is 231 g/mol. The first-order valence-electron chi connectivity index (χ1n) is 6.28. The Morgan fingerprint density at radius 1 is 1.41 bits per heavy atom. The van der Waals surface area contributed by atoms with E-state index in [1.165, 1.54) is 11.1 Å². The summed E-state index contributed by atoms with van der Waals surface area (Å²) in [5, 5.41) is 9.34. The molecule has 1 N–H and O–H groups in total. The van der Waals surface area contributed by atoms with Crippen molar-refractivity contribution in [1.29, 1.82) is 0 Å². The molecule has 0 radical (unpaired) electrons. The molecule has 0 amide bonds. The lowest BCUT2D eigenvalue weighted by Gasteiger charge is -2.37. The van der Waals surface area contributed by atoms with E-state index in [4.69, 9.17) is 0 Å². The third-order valence-corrected chi connectivity index (χ3v) is 4.13. The van der Waals surface area contributed by atoms with Crippen molar-refractivity contribution >= 4 is 11.7 Å². The molecule has 2 aliphatic heterocycles. The Kier molecular flexibility index (Phi) is 2.35. The first-order chi connectivity index (χ1) is 8.18. The van der Waals surface area contributed by atoms with E-state index < -0.39 is 5.97 Å². The molecule has 2 unspecified atom stereocenters. The molecule has 1 aromatic carbocycles. The molecule has 3 heteroatoms. The van der Waals surface area contributed by atoms with Crippen molar-refractivity contribution in [2.24, 2.45) is 0 Å². The molecule has 0 saturated carbocycles. The minimum Gasteiger partial charge on any atom is -0.480 e.